The normalized spacial score (nSPS) is 10.7. The maximum Gasteiger partial charge on any atom is 0.251 e. The molecule has 2 aromatic carbocycles. The van der Waals surface area contributed by atoms with Crippen molar-refractivity contribution in [3.05, 3.63) is 70.9 Å². The predicted octanol–water partition coefficient (Wildman–Crippen LogP) is 3.30. The summed E-state index contributed by atoms with van der Waals surface area (Å²) in [5.74, 6) is -0.259. The SMILES string of the molecule is O=C(CCNC(=O)c1ccccc1)NCCc1c[nH]c2ccc(Cl)cc12. The van der Waals surface area contributed by atoms with E-state index in [1.54, 1.807) is 24.3 Å². The quantitative estimate of drug-likeness (QED) is 0.597. The Morgan fingerprint density at radius 2 is 1.81 bits per heavy atom. The summed E-state index contributed by atoms with van der Waals surface area (Å²) >= 11 is 6.04. The number of hydrogen-bond donors (Lipinski definition) is 3. The van der Waals surface area contributed by atoms with Gasteiger partial charge in [0.1, 0.15) is 0 Å². The molecule has 1 aromatic heterocycles. The van der Waals surface area contributed by atoms with Gasteiger partial charge in [-0.2, -0.15) is 0 Å². The van der Waals surface area contributed by atoms with E-state index in [0.717, 1.165) is 16.5 Å². The minimum Gasteiger partial charge on any atom is -0.361 e. The van der Waals surface area contributed by atoms with Crippen molar-refractivity contribution in [2.24, 2.45) is 0 Å². The van der Waals surface area contributed by atoms with Crippen LogP contribution in [0.2, 0.25) is 5.02 Å². The van der Waals surface area contributed by atoms with E-state index in [4.69, 9.17) is 11.6 Å². The third-order valence-electron chi connectivity index (χ3n) is 4.12. The number of rotatable bonds is 7. The van der Waals surface area contributed by atoms with Crippen molar-refractivity contribution >= 4 is 34.3 Å². The van der Waals surface area contributed by atoms with E-state index in [0.29, 0.717) is 30.1 Å². The van der Waals surface area contributed by atoms with E-state index in [-0.39, 0.29) is 18.2 Å². The molecule has 0 radical (unpaired) electrons. The first-order chi connectivity index (χ1) is 12.6. The minimum atomic E-state index is -0.172. The van der Waals surface area contributed by atoms with Crippen LogP contribution in [0.1, 0.15) is 22.3 Å². The number of carbonyl (C=O) groups is 2. The molecule has 0 aliphatic heterocycles. The zero-order chi connectivity index (χ0) is 18.4. The minimum absolute atomic E-state index is 0.0868. The average molecular weight is 370 g/mol. The van der Waals surface area contributed by atoms with Gasteiger partial charge in [0, 0.05) is 47.2 Å². The van der Waals surface area contributed by atoms with Gasteiger partial charge in [0.15, 0.2) is 0 Å². The Kier molecular flexibility index (Phi) is 5.92. The van der Waals surface area contributed by atoms with Gasteiger partial charge in [-0.15, -0.1) is 0 Å². The molecule has 0 saturated heterocycles. The second-order valence-corrected chi connectivity index (χ2v) is 6.41. The van der Waals surface area contributed by atoms with Crippen LogP contribution >= 0.6 is 11.6 Å². The third kappa shape index (κ3) is 4.64. The fraction of sp³-hybridized carbons (Fsp3) is 0.200. The fourth-order valence-corrected chi connectivity index (χ4v) is 2.94. The Morgan fingerprint density at radius 1 is 1.00 bits per heavy atom. The molecule has 6 heteroatoms. The average Bonchev–Trinajstić information content (AvgIpc) is 3.04. The Balaban J connectivity index is 1.40. The number of benzene rings is 2. The number of halogens is 1. The van der Waals surface area contributed by atoms with E-state index in [2.05, 4.69) is 15.6 Å². The number of H-pyrrole nitrogens is 1. The van der Waals surface area contributed by atoms with E-state index in [9.17, 15) is 9.59 Å². The fourth-order valence-electron chi connectivity index (χ4n) is 2.76. The Hall–Kier alpha value is -2.79. The predicted molar refractivity (Wildman–Crippen MR) is 103 cm³/mol. The summed E-state index contributed by atoms with van der Waals surface area (Å²) in [6, 6.07) is 14.6. The number of carbonyl (C=O) groups excluding carboxylic acids is 2. The van der Waals surface area contributed by atoms with Crippen LogP contribution in [-0.2, 0) is 11.2 Å². The molecule has 3 aromatic rings. The van der Waals surface area contributed by atoms with E-state index in [1.165, 1.54) is 0 Å². The zero-order valence-corrected chi connectivity index (χ0v) is 15.0. The molecule has 26 heavy (non-hydrogen) atoms. The van der Waals surface area contributed by atoms with Crippen LogP contribution in [0.25, 0.3) is 10.9 Å². The second-order valence-electron chi connectivity index (χ2n) is 5.98. The molecule has 0 aliphatic rings. The number of aromatic amines is 1. The van der Waals surface area contributed by atoms with Crippen molar-refractivity contribution in [2.75, 3.05) is 13.1 Å². The standard InChI is InChI=1S/C20H20ClN3O2/c21-16-6-7-18-17(12-16)15(13-24-18)8-10-22-19(25)9-11-23-20(26)14-4-2-1-3-5-14/h1-7,12-13,24H,8-11H2,(H,22,25)(H,23,26). The third-order valence-corrected chi connectivity index (χ3v) is 4.35. The highest BCUT2D eigenvalue weighted by Crippen LogP contribution is 2.22. The van der Waals surface area contributed by atoms with Crippen LogP contribution in [0.4, 0.5) is 0 Å². The van der Waals surface area contributed by atoms with E-state index >= 15 is 0 Å². The summed E-state index contributed by atoms with van der Waals surface area (Å²) in [7, 11) is 0. The van der Waals surface area contributed by atoms with Crippen molar-refractivity contribution in [2.45, 2.75) is 12.8 Å². The maximum atomic E-state index is 11.9. The maximum absolute atomic E-state index is 11.9. The molecule has 134 valence electrons. The lowest BCUT2D eigenvalue weighted by Gasteiger charge is -2.07. The van der Waals surface area contributed by atoms with Crippen LogP contribution in [-0.4, -0.2) is 29.9 Å². The molecule has 3 N–H and O–H groups in total. The lowest BCUT2D eigenvalue weighted by molar-refractivity contribution is -0.120. The summed E-state index contributed by atoms with van der Waals surface area (Å²) in [5, 5.41) is 7.38. The molecule has 1 heterocycles. The van der Waals surface area contributed by atoms with Gasteiger partial charge in [-0.1, -0.05) is 29.8 Å². The van der Waals surface area contributed by atoms with Crippen molar-refractivity contribution in [1.82, 2.24) is 15.6 Å². The van der Waals surface area contributed by atoms with Crippen LogP contribution in [0, 0.1) is 0 Å². The molecule has 5 nitrogen and oxygen atoms in total. The summed E-state index contributed by atoms with van der Waals surface area (Å²) < 4.78 is 0. The van der Waals surface area contributed by atoms with Gasteiger partial charge in [-0.25, -0.2) is 0 Å². The summed E-state index contributed by atoms with van der Waals surface area (Å²) in [6.45, 7) is 0.840. The molecule has 0 aliphatic carbocycles. The smallest absolute Gasteiger partial charge is 0.251 e. The monoisotopic (exact) mass is 369 g/mol. The van der Waals surface area contributed by atoms with Crippen molar-refractivity contribution in [3.63, 3.8) is 0 Å². The number of aromatic nitrogens is 1. The van der Waals surface area contributed by atoms with Crippen LogP contribution in [0.3, 0.4) is 0 Å². The van der Waals surface area contributed by atoms with E-state index < -0.39 is 0 Å². The molecule has 0 saturated carbocycles. The number of fused-ring (bicyclic) bond motifs is 1. The molecule has 0 unspecified atom stereocenters. The summed E-state index contributed by atoms with van der Waals surface area (Å²) in [4.78, 5) is 27.0. The summed E-state index contributed by atoms with van der Waals surface area (Å²) in [5.41, 5.74) is 2.73. The largest absolute Gasteiger partial charge is 0.361 e. The van der Waals surface area contributed by atoms with Crippen molar-refractivity contribution < 1.29 is 9.59 Å². The molecule has 2 amide bonds. The molecule has 0 atom stereocenters. The highest BCUT2D eigenvalue weighted by atomic mass is 35.5. The topological polar surface area (TPSA) is 74.0 Å². The number of hydrogen-bond acceptors (Lipinski definition) is 2. The van der Waals surface area contributed by atoms with Gasteiger partial charge < -0.3 is 15.6 Å². The highest BCUT2D eigenvalue weighted by Gasteiger charge is 2.07. The molecule has 3 rings (SSSR count). The zero-order valence-electron chi connectivity index (χ0n) is 14.2. The Labute approximate surface area is 156 Å². The molecule has 0 fully saturated rings. The second kappa shape index (κ2) is 8.54. The number of amides is 2. The lowest BCUT2D eigenvalue weighted by atomic mass is 10.1. The van der Waals surface area contributed by atoms with E-state index in [1.807, 2.05) is 30.5 Å². The van der Waals surface area contributed by atoms with Gasteiger partial charge in [0.2, 0.25) is 5.91 Å². The highest BCUT2D eigenvalue weighted by molar-refractivity contribution is 6.31. The Bertz CT molecular complexity index is 906. The first-order valence-corrected chi connectivity index (χ1v) is 8.87. The van der Waals surface area contributed by atoms with Crippen LogP contribution in [0.15, 0.2) is 54.7 Å². The first kappa shape index (κ1) is 18.0. The molecular weight excluding hydrogens is 350 g/mol. The molecular formula is C20H20ClN3O2. The Morgan fingerprint density at radius 3 is 2.62 bits per heavy atom. The molecule has 0 spiro atoms. The van der Waals surface area contributed by atoms with Crippen molar-refractivity contribution in [3.8, 4) is 0 Å². The number of nitrogens with one attached hydrogen (secondary N) is 3. The summed E-state index contributed by atoms with van der Waals surface area (Å²) in [6.07, 6.45) is 2.90. The van der Waals surface area contributed by atoms with Crippen LogP contribution < -0.4 is 10.6 Å². The van der Waals surface area contributed by atoms with Crippen molar-refractivity contribution in [1.29, 1.82) is 0 Å². The first-order valence-electron chi connectivity index (χ1n) is 8.49. The lowest BCUT2D eigenvalue weighted by Crippen LogP contribution is -2.31. The van der Waals surface area contributed by atoms with Gasteiger partial charge in [0.05, 0.1) is 0 Å². The van der Waals surface area contributed by atoms with Gasteiger partial charge in [-0.3, -0.25) is 9.59 Å². The van der Waals surface area contributed by atoms with Gasteiger partial charge >= 0.3 is 0 Å². The molecule has 0 bridgehead atoms. The van der Waals surface area contributed by atoms with Gasteiger partial charge in [-0.05, 0) is 42.3 Å². The van der Waals surface area contributed by atoms with Gasteiger partial charge in [0.25, 0.3) is 5.91 Å². The van der Waals surface area contributed by atoms with Crippen LogP contribution in [0.5, 0.6) is 0 Å².